The molecule has 0 aliphatic carbocycles. The molecule has 0 fully saturated rings. The van der Waals surface area contributed by atoms with Crippen molar-refractivity contribution in [3.05, 3.63) is 81.7 Å². The van der Waals surface area contributed by atoms with Gasteiger partial charge in [-0.2, -0.15) is 0 Å². The number of nitrogens with one attached hydrogen (secondary N) is 1. The minimum Gasteiger partial charge on any atom is -0.423 e. The largest absolute Gasteiger partial charge is 0.423 e. The molecular weight excluding hydrogens is 286 g/mol. The SMILES string of the molecule is CCc1ccc2oc(=O)cc(C[NH+](C)Cc3ccccc3)c2c1. The first kappa shape index (κ1) is 15.5. The standard InChI is InChI=1S/C20H21NO2/c1-3-15-9-10-19-18(11-15)17(12-20(22)23-19)14-21(2)13-16-7-5-4-6-8-16/h4-12H,3,13-14H2,1-2H3/p+1. The van der Waals surface area contributed by atoms with E-state index >= 15 is 0 Å². The molecule has 0 bridgehead atoms. The molecule has 1 N–H and O–H groups in total. The highest BCUT2D eigenvalue weighted by Crippen LogP contribution is 2.18. The van der Waals surface area contributed by atoms with Crippen LogP contribution in [-0.2, 0) is 19.5 Å². The minimum absolute atomic E-state index is 0.274. The van der Waals surface area contributed by atoms with Crippen LogP contribution in [-0.4, -0.2) is 7.05 Å². The Hall–Kier alpha value is -2.39. The molecule has 0 spiro atoms. The molecule has 1 unspecified atom stereocenters. The van der Waals surface area contributed by atoms with E-state index in [9.17, 15) is 4.79 Å². The van der Waals surface area contributed by atoms with Crippen molar-refractivity contribution in [2.24, 2.45) is 0 Å². The molecule has 3 nitrogen and oxygen atoms in total. The van der Waals surface area contributed by atoms with Crippen LogP contribution in [0.5, 0.6) is 0 Å². The van der Waals surface area contributed by atoms with Crippen LogP contribution in [0.25, 0.3) is 11.0 Å². The van der Waals surface area contributed by atoms with Crippen LogP contribution < -0.4 is 10.5 Å². The lowest BCUT2D eigenvalue weighted by atomic mass is 10.1. The van der Waals surface area contributed by atoms with Crippen LogP contribution in [0.3, 0.4) is 0 Å². The van der Waals surface area contributed by atoms with E-state index in [4.69, 9.17) is 4.42 Å². The number of rotatable bonds is 5. The lowest BCUT2D eigenvalue weighted by molar-refractivity contribution is -0.907. The Bertz CT molecular complexity index is 852. The topological polar surface area (TPSA) is 34.6 Å². The average molecular weight is 308 g/mol. The summed E-state index contributed by atoms with van der Waals surface area (Å²) in [4.78, 5) is 13.2. The van der Waals surface area contributed by atoms with Gasteiger partial charge in [0.1, 0.15) is 18.7 Å². The molecule has 3 rings (SSSR count). The molecule has 0 aliphatic rings. The zero-order valence-electron chi connectivity index (χ0n) is 13.6. The summed E-state index contributed by atoms with van der Waals surface area (Å²) in [6.07, 6.45) is 0.973. The highest BCUT2D eigenvalue weighted by Gasteiger charge is 2.11. The third kappa shape index (κ3) is 3.69. The molecule has 0 amide bonds. The van der Waals surface area contributed by atoms with Crippen molar-refractivity contribution in [3.63, 3.8) is 0 Å². The van der Waals surface area contributed by atoms with Crippen molar-refractivity contribution in [1.29, 1.82) is 0 Å². The summed E-state index contributed by atoms with van der Waals surface area (Å²) in [5, 5.41) is 1.05. The predicted octanol–water partition coefficient (Wildman–Crippen LogP) is 2.57. The first-order valence-electron chi connectivity index (χ1n) is 8.06. The minimum atomic E-state index is -0.274. The lowest BCUT2D eigenvalue weighted by Gasteiger charge is -2.15. The maximum absolute atomic E-state index is 11.8. The second-order valence-corrected chi connectivity index (χ2v) is 6.07. The van der Waals surface area contributed by atoms with Crippen LogP contribution in [0.4, 0.5) is 0 Å². The van der Waals surface area contributed by atoms with Gasteiger partial charge in [0.2, 0.25) is 0 Å². The number of fused-ring (bicyclic) bond motifs is 1. The van der Waals surface area contributed by atoms with Gasteiger partial charge in [-0.25, -0.2) is 4.79 Å². The van der Waals surface area contributed by atoms with Crippen LogP contribution in [0.1, 0.15) is 23.6 Å². The van der Waals surface area contributed by atoms with E-state index in [2.05, 4.69) is 44.3 Å². The zero-order valence-corrected chi connectivity index (χ0v) is 13.6. The Kier molecular flexibility index (Phi) is 4.58. The predicted molar refractivity (Wildman–Crippen MR) is 92.6 cm³/mol. The Morgan fingerprint density at radius 1 is 0.957 bits per heavy atom. The second kappa shape index (κ2) is 6.80. The van der Waals surface area contributed by atoms with Crippen LogP contribution in [0, 0.1) is 0 Å². The number of quaternary nitrogens is 1. The van der Waals surface area contributed by atoms with E-state index in [-0.39, 0.29) is 5.63 Å². The molecule has 3 aromatic rings. The molecule has 1 heterocycles. The Morgan fingerprint density at radius 2 is 1.74 bits per heavy atom. The van der Waals surface area contributed by atoms with E-state index < -0.39 is 0 Å². The van der Waals surface area contributed by atoms with E-state index in [1.54, 1.807) is 6.07 Å². The normalized spacial score (nSPS) is 12.4. The molecule has 1 aromatic heterocycles. The zero-order chi connectivity index (χ0) is 16.2. The van der Waals surface area contributed by atoms with Crippen molar-refractivity contribution < 1.29 is 9.32 Å². The van der Waals surface area contributed by atoms with Gasteiger partial charge >= 0.3 is 5.63 Å². The van der Waals surface area contributed by atoms with Gasteiger partial charge in [0, 0.05) is 22.6 Å². The molecule has 23 heavy (non-hydrogen) atoms. The highest BCUT2D eigenvalue weighted by atomic mass is 16.4. The molecule has 3 heteroatoms. The van der Waals surface area contributed by atoms with Gasteiger partial charge in [-0.1, -0.05) is 43.3 Å². The summed E-state index contributed by atoms with van der Waals surface area (Å²) < 4.78 is 5.34. The van der Waals surface area contributed by atoms with Crippen LogP contribution >= 0.6 is 0 Å². The molecule has 0 radical (unpaired) electrons. The molecule has 2 aromatic carbocycles. The third-order valence-corrected chi connectivity index (χ3v) is 4.14. The van der Waals surface area contributed by atoms with Gasteiger partial charge in [0.15, 0.2) is 0 Å². The quantitative estimate of drug-likeness (QED) is 0.735. The monoisotopic (exact) mass is 308 g/mol. The third-order valence-electron chi connectivity index (χ3n) is 4.14. The van der Waals surface area contributed by atoms with Gasteiger partial charge in [-0.15, -0.1) is 0 Å². The summed E-state index contributed by atoms with van der Waals surface area (Å²) >= 11 is 0. The maximum atomic E-state index is 11.8. The first-order valence-corrected chi connectivity index (χ1v) is 8.06. The Morgan fingerprint density at radius 3 is 2.48 bits per heavy atom. The average Bonchev–Trinajstić information content (AvgIpc) is 2.55. The first-order chi connectivity index (χ1) is 11.2. The van der Waals surface area contributed by atoms with Gasteiger partial charge in [0.25, 0.3) is 0 Å². The van der Waals surface area contributed by atoms with E-state index in [1.807, 2.05) is 18.2 Å². The molecule has 0 saturated carbocycles. The number of hydrogen-bond donors (Lipinski definition) is 1. The summed E-state index contributed by atoms with van der Waals surface area (Å²) in [6.45, 7) is 3.85. The Labute approximate surface area is 136 Å². The number of benzene rings is 2. The lowest BCUT2D eigenvalue weighted by Crippen LogP contribution is -3.06. The summed E-state index contributed by atoms with van der Waals surface area (Å²) in [5.74, 6) is 0. The van der Waals surface area contributed by atoms with Gasteiger partial charge in [0.05, 0.1) is 7.05 Å². The van der Waals surface area contributed by atoms with E-state index in [1.165, 1.54) is 16.0 Å². The molecule has 0 aliphatic heterocycles. The van der Waals surface area contributed by atoms with Gasteiger partial charge in [-0.3, -0.25) is 0 Å². The van der Waals surface area contributed by atoms with Gasteiger partial charge < -0.3 is 9.32 Å². The van der Waals surface area contributed by atoms with Crippen molar-refractivity contribution in [1.82, 2.24) is 0 Å². The number of hydrogen-bond acceptors (Lipinski definition) is 2. The smallest absolute Gasteiger partial charge is 0.336 e. The van der Waals surface area contributed by atoms with Gasteiger partial charge in [-0.05, 0) is 24.1 Å². The Balaban J connectivity index is 1.90. The van der Waals surface area contributed by atoms with Crippen molar-refractivity contribution in [2.45, 2.75) is 26.4 Å². The summed E-state index contributed by atoms with van der Waals surface area (Å²) in [7, 11) is 2.15. The van der Waals surface area contributed by atoms with Crippen molar-refractivity contribution in [2.75, 3.05) is 7.05 Å². The van der Waals surface area contributed by atoms with Crippen LogP contribution in [0.2, 0.25) is 0 Å². The molecular formula is C20H22NO2+. The van der Waals surface area contributed by atoms with E-state index in [0.29, 0.717) is 5.58 Å². The molecule has 118 valence electrons. The molecule has 1 atom stereocenters. The summed E-state index contributed by atoms with van der Waals surface area (Å²) in [5.41, 5.74) is 4.02. The van der Waals surface area contributed by atoms with Crippen LogP contribution in [0.15, 0.2) is 63.8 Å². The van der Waals surface area contributed by atoms with Crippen molar-refractivity contribution >= 4 is 11.0 Å². The summed E-state index contributed by atoms with van der Waals surface area (Å²) in [6, 6.07) is 18.1. The fraction of sp³-hybridized carbons (Fsp3) is 0.250. The molecule has 0 saturated heterocycles. The second-order valence-electron chi connectivity index (χ2n) is 6.07. The number of aryl methyl sites for hydroxylation is 1. The fourth-order valence-electron chi connectivity index (χ4n) is 2.97. The highest BCUT2D eigenvalue weighted by molar-refractivity contribution is 5.80. The fourth-order valence-corrected chi connectivity index (χ4v) is 2.97. The van der Waals surface area contributed by atoms with Crippen molar-refractivity contribution in [3.8, 4) is 0 Å². The van der Waals surface area contributed by atoms with E-state index in [0.717, 1.165) is 30.5 Å². The maximum Gasteiger partial charge on any atom is 0.336 e.